The summed E-state index contributed by atoms with van der Waals surface area (Å²) in [5.41, 5.74) is 1.63. The van der Waals surface area contributed by atoms with Gasteiger partial charge in [-0.05, 0) is 57.0 Å². The van der Waals surface area contributed by atoms with Crippen LogP contribution in [0.25, 0.3) is 0 Å². The molecule has 1 saturated heterocycles. The normalized spacial score (nSPS) is 16.3. The molecule has 136 valence electrons. The number of aromatic nitrogens is 2. The van der Waals surface area contributed by atoms with E-state index >= 15 is 0 Å². The van der Waals surface area contributed by atoms with Crippen LogP contribution in [0.3, 0.4) is 0 Å². The highest BCUT2D eigenvalue weighted by molar-refractivity contribution is 7.16. The van der Waals surface area contributed by atoms with Crippen molar-refractivity contribution in [2.75, 3.05) is 13.1 Å². The Bertz CT molecular complexity index is 738. The van der Waals surface area contributed by atoms with Gasteiger partial charge in [-0.1, -0.05) is 32.4 Å². The maximum Gasteiger partial charge on any atom is 0.252 e. The summed E-state index contributed by atoms with van der Waals surface area (Å²) in [6, 6.07) is 6.14. The third kappa shape index (κ3) is 4.52. The van der Waals surface area contributed by atoms with Crippen molar-refractivity contribution in [3.05, 3.63) is 38.8 Å². The first kappa shape index (κ1) is 18.6. The smallest absolute Gasteiger partial charge is 0.252 e. The van der Waals surface area contributed by atoms with Crippen molar-refractivity contribution in [3.8, 4) is 0 Å². The number of rotatable bonds is 4. The van der Waals surface area contributed by atoms with Gasteiger partial charge in [-0.2, -0.15) is 5.10 Å². The summed E-state index contributed by atoms with van der Waals surface area (Å²) in [5.74, 6) is 0.511. The molecule has 0 saturated carbocycles. The SMILES string of the molecule is CC(C)(C)C(=O)n1nc(C2CCNCC2)cc1CCc1ccc(Cl)s1. The molecule has 2 aromatic rings. The number of nitrogens with one attached hydrogen (secondary N) is 1. The minimum Gasteiger partial charge on any atom is -0.317 e. The van der Waals surface area contributed by atoms with E-state index in [1.165, 1.54) is 4.88 Å². The summed E-state index contributed by atoms with van der Waals surface area (Å²) >= 11 is 7.63. The molecule has 0 aliphatic carbocycles. The van der Waals surface area contributed by atoms with Gasteiger partial charge in [-0.25, -0.2) is 4.68 Å². The molecule has 0 radical (unpaired) electrons. The predicted molar refractivity (Wildman–Crippen MR) is 104 cm³/mol. The molecule has 1 aliphatic heterocycles. The third-order valence-corrected chi connectivity index (χ3v) is 5.94. The summed E-state index contributed by atoms with van der Waals surface area (Å²) < 4.78 is 2.47. The molecule has 3 rings (SSSR count). The maximum atomic E-state index is 12.9. The first-order valence-corrected chi connectivity index (χ1v) is 10.1. The van der Waals surface area contributed by atoms with Crippen LogP contribution in [0.5, 0.6) is 0 Å². The number of nitrogens with zero attached hydrogens (tertiary/aromatic N) is 2. The van der Waals surface area contributed by atoms with Crippen molar-refractivity contribution in [2.24, 2.45) is 5.41 Å². The second kappa shape index (κ2) is 7.60. The van der Waals surface area contributed by atoms with Crippen LogP contribution in [0.1, 0.15) is 60.6 Å². The zero-order chi connectivity index (χ0) is 18.0. The topological polar surface area (TPSA) is 46.9 Å². The zero-order valence-electron chi connectivity index (χ0n) is 15.1. The molecular weight excluding hydrogens is 354 g/mol. The van der Waals surface area contributed by atoms with E-state index in [1.807, 2.05) is 26.8 Å². The Morgan fingerprint density at radius 1 is 1.32 bits per heavy atom. The predicted octanol–water partition coefficient (Wildman–Crippen LogP) is 4.54. The molecule has 25 heavy (non-hydrogen) atoms. The summed E-state index contributed by atoms with van der Waals surface area (Å²) in [5, 5.41) is 8.12. The first-order valence-electron chi connectivity index (χ1n) is 8.93. The molecule has 4 nitrogen and oxygen atoms in total. The molecule has 6 heteroatoms. The van der Waals surface area contributed by atoms with Crippen LogP contribution >= 0.6 is 22.9 Å². The minimum absolute atomic E-state index is 0.0619. The molecule has 1 aliphatic rings. The van der Waals surface area contributed by atoms with Crippen LogP contribution in [0.2, 0.25) is 4.34 Å². The molecule has 2 aromatic heterocycles. The number of carbonyl (C=O) groups is 1. The van der Waals surface area contributed by atoms with Crippen LogP contribution in [0.15, 0.2) is 18.2 Å². The number of hydrogen-bond donors (Lipinski definition) is 1. The lowest BCUT2D eigenvalue weighted by atomic mass is 9.94. The molecule has 0 spiro atoms. The van der Waals surface area contributed by atoms with Crippen LogP contribution in [-0.2, 0) is 12.8 Å². The van der Waals surface area contributed by atoms with Crippen LogP contribution in [0.4, 0.5) is 0 Å². The van der Waals surface area contributed by atoms with E-state index in [4.69, 9.17) is 16.7 Å². The number of hydrogen-bond acceptors (Lipinski definition) is 4. The number of carbonyl (C=O) groups excluding carboxylic acids is 1. The molecule has 0 amide bonds. The van der Waals surface area contributed by atoms with Gasteiger partial charge in [0.25, 0.3) is 5.91 Å². The van der Waals surface area contributed by atoms with Gasteiger partial charge in [0.2, 0.25) is 0 Å². The van der Waals surface area contributed by atoms with E-state index in [2.05, 4.69) is 17.4 Å². The number of halogens is 1. The van der Waals surface area contributed by atoms with Gasteiger partial charge >= 0.3 is 0 Å². The van der Waals surface area contributed by atoms with E-state index in [1.54, 1.807) is 16.0 Å². The lowest BCUT2D eigenvalue weighted by molar-refractivity contribution is 0.0744. The van der Waals surface area contributed by atoms with Crippen LogP contribution in [-0.4, -0.2) is 28.8 Å². The number of piperidine rings is 1. The van der Waals surface area contributed by atoms with E-state index in [0.29, 0.717) is 5.92 Å². The van der Waals surface area contributed by atoms with Gasteiger partial charge in [-0.15, -0.1) is 11.3 Å². The van der Waals surface area contributed by atoms with Crippen LogP contribution < -0.4 is 5.32 Å². The maximum absolute atomic E-state index is 12.9. The summed E-state index contributed by atoms with van der Waals surface area (Å²) in [6.45, 7) is 7.89. The molecule has 1 fully saturated rings. The van der Waals surface area contributed by atoms with Crippen molar-refractivity contribution in [1.29, 1.82) is 0 Å². The fourth-order valence-corrected chi connectivity index (χ4v) is 4.25. The Balaban J connectivity index is 1.85. The third-order valence-electron chi connectivity index (χ3n) is 4.65. The van der Waals surface area contributed by atoms with Gasteiger partial charge in [0.05, 0.1) is 10.0 Å². The Hall–Kier alpha value is -1.17. The molecular formula is C19H26ClN3OS. The Kier molecular flexibility index (Phi) is 5.66. The Labute approximate surface area is 158 Å². The van der Waals surface area contributed by atoms with Crippen molar-refractivity contribution in [2.45, 2.75) is 52.4 Å². The highest BCUT2D eigenvalue weighted by Crippen LogP contribution is 2.28. The molecule has 1 N–H and O–H groups in total. The van der Waals surface area contributed by atoms with E-state index in [-0.39, 0.29) is 5.91 Å². The average Bonchev–Trinajstić information content (AvgIpc) is 3.18. The standard InChI is InChI=1S/C19H26ClN3OS/c1-19(2,3)18(24)23-14(4-5-15-6-7-17(20)25-15)12-16(22-23)13-8-10-21-11-9-13/h6-7,12-13,21H,4-5,8-11H2,1-3H3. The monoisotopic (exact) mass is 379 g/mol. The van der Waals surface area contributed by atoms with Gasteiger partial charge in [0.15, 0.2) is 0 Å². The number of thiophene rings is 1. The van der Waals surface area contributed by atoms with Crippen molar-refractivity contribution in [1.82, 2.24) is 15.1 Å². The molecule has 3 heterocycles. The second-order valence-corrected chi connectivity index (χ2v) is 9.56. The van der Waals surface area contributed by atoms with E-state index < -0.39 is 5.41 Å². The lowest BCUT2D eigenvalue weighted by Crippen LogP contribution is -2.30. The quantitative estimate of drug-likeness (QED) is 0.848. The number of aryl methyl sites for hydroxylation is 2. The van der Waals surface area contributed by atoms with Crippen molar-refractivity contribution in [3.63, 3.8) is 0 Å². The molecule has 0 aromatic carbocycles. The second-order valence-electron chi connectivity index (χ2n) is 7.76. The summed E-state index contributed by atoms with van der Waals surface area (Å²) in [7, 11) is 0. The fraction of sp³-hybridized carbons (Fsp3) is 0.579. The van der Waals surface area contributed by atoms with E-state index in [9.17, 15) is 4.79 Å². The Morgan fingerprint density at radius 3 is 2.64 bits per heavy atom. The average molecular weight is 380 g/mol. The largest absolute Gasteiger partial charge is 0.317 e. The zero-order valence-corrected chi connectivity index (χ0v) is 16.7. The lowest BCUT2D eigenvalue weighted by Gasteiger charge is -2.21. The summed E-state index contributed by atoms with van der Waals surface area (Å²) in [4.78, 5) is 14.1. The first-order chi connectivity index (χ1) is 11.8. The van der Waals surface area contributed by atoms with Gasteiger partial charge in [0.1, 0.15) is 0 Å². The highest BCUT2D eigenvalue weighted by Gasteiger charge is 2.28. The highest BCUT2D eigenvalue weighted by atomic mass is 35.5. The van der Waals surface area contributed by atoms with Gasteiger partial charge in [0, 0.05) is 21.9 Å². The summed E-state index contributed by atoms with van der Waals surface area (Å²) in [6.07, 6.45) is 3.85. The van der Waals surface area contributed by atoms with Crippen molar-refractivity contribution >= 4 is 28.8 Å². The molecule has 0 bridgehead atoms. The molecule has 0 atom stereocenters. The fourth-order valence-electron chi connectivity index (χ4n) is 3.17. The van der Waals surface area contributed by atoms with E-state index in [0.717, 1.165) is 54.5 Å². The molecule has 0 unspecified atom stereocenters. The van der Waals surface area contributed by atoms with Crippen molar-refractivity contribution < 1.29 is 4.79 Å². The van der Waals surface area contributed by atoms with Gasteiger partial charge < -0.3 is 5.32 Å². The Morgan fingerprint density at radius 2 is 2.04 bits per heavy atom. The van der Waals surface area contributed by atoms with Crippen LogP contribution in [0, 0.1) is 5.41 Å². The minimum atomic E-state index is -0.446. The van der Waals surface area contributed by atoms with Gasteiger partial charge in [-0.3, -0.25) is 4.79 Å².